The maximum absolute atomic E-state index is 13.3. The number of phenols is 1. The predicted octanol–water partition coefficient (Wildman–Crippen LogP) is 5.49. The van der Waals surface area contributed by atoms with Gasteiger partial charge in [-0.3, -0.25) is 0 Å². The number of anilines is 1. The summed E-state index contributed by atoms with van der Waals surface area (Å²) >= 11 is 0. The lowest BCUT2D eigenvalue weighted by atomic mass is 10.1. The summed E-state index contributed by atoms with van der Waals surface area (Å²) in [6.07, 6.45) is 0. The molecule has 0 radical (unpaired) electrons. The molecule has 1 heterocycles. The van der Waals surface area contributed by atoms with Gasteiger partial charge in [0.25, 0.3) is 0 Å². The number of benzene rings is 3. The van der Waals surface area contributed by atoms with Crippen molar-refractivity contribution in [3.63, 3.8) is 0 Å². The van der Waals surface area contributed by atoms with E-state index in [2.05, 4.69) is 20.5 Å². The minimum Gasteiger partial charge on any atom is -0.508 e. The average molecular weight is 398 g/mol. The van der Waals surface area contributed by atoms with Crippen LogP contribution in [0.1, 0.15) is 12.5 Å². The second kappa shape index (κ2) is 8.53. The van der Waals surface area contributed by atoms with Crippen molar-refractivity contribution in [1.29, 1.82) is 0 Å². The molecule has 148 valence electrons. The maximum atomic E-state index is 13.3. The fourth-order valence-corrected chi connectivity index (χ4v) is 2.92. The molecule has 4 rings (SSSR count). The molecule has 0 aliphatic heterocycles. The molecule has 0 bridgehead atoms. The zero-order valence-corrected chi connectivity index (χ0v) is 16.2. The van der Waals surface area contributed by atoms with Crippen molar-refractivity contribution >= 4 is 11.7 Å². The van der Waals surface area contributed by atoms with Crippen LogP contribution >= 0.6 is 0 Å². The SMILES string of the molecule is C/C(=N/Nc1nc(-c2ccccc2)cc(-c2ccc(F)cc2)n1)c1ccc(O)cc1. The summed E-state index contributed by atoms with van der Waals surface area (Å²) in [7, 11) is 0. The van der Waals surface area contributed by atoms with Gasteiger partial charge in [0.2, 0.25) is 5.95 Å². The van der Waals surface area contributed by atoms with Crippen LogP contribution in [0.5, 0.6) is 5.75 Å². The number of nitrogens with zero attached hydrogens (tertiary/aromatic N) is 3. The number of hydrogen-bond acceptors (Lipinski definition) is 5. The van der Waals surface area contributed by atoms with Crippen molar-refractivity contribution in [2.24, 2.45) is 5.10 Å². The average Bonchev–Trinajstić information content (AvgIpc) is 2.79. The van der Waals surface area contributed by atoms with Crippen LogP contribution in [0, 0.1) is 5.82 Å². The highest BCUT2D eigenvalue weighted by atomic mass is 19.1. The van der Waals surface area contributed by atoms with E-state index in [1.54, 1.807) is 36.4 Å². The van der Waals surface area contributed by atoms with Crippen LogP contribution in [0.4, 0.5) is 10.3 Å². The summed E-state index contributed by atoms with van der Waals surface area (Å²) in [4.78, 5) is 9.13. The van der Waals surface area contributed by atoms with Gasteiger partial charge >= 0.3 is 0 Å². The molecule has 5 nitrogen and oxygen atoms in total. The fourth-order valence-electron chi connectivity index (χ4n) is 2.92. The van der Waals surface area contributed by atoms with Crippen molar-refractivity contribution in [3.8, 4) is 28.3 Å². The van der Waals surface area contributed by atoms with E-state index in [1.807, 2.05) is 43.3 Å². The fraction of sp³-hybridized carbons (Fsp3) is 0.0417. The van der Waals surface area contributed by atoms with Crippen molar-refractivity contribution in [3.05, 3.63) is 96.3 Å². The van der Waals surface area contributed by atoms with Gasteiger partial charge in [0.1, 0.15) is 11.6 Å². The van der Waals surface area contributed by atoms with Gasteiger partial charge in [0, 0.05) is 11.1 Å². The zero-order valence-electron chi connectivity index (χ0n) is 16.2. The Hall–Kier alpha value is -4.06. The number of aromatic hydroxyl groups is 1. The molecule has 0 saturated heterocycles. The minimum atomic E-state index is -0.302. The topological polar surface area (TPSA) is 70.4 Å². The van der Waals surface area contributed by atoms with E-state index in [-0.39, 0.29) is 11.6 Å². The smallest absolute Gasteiger partial charge is 0.244 e. The Labute approximate surface area is 173 Å². The molecule has 1 aromatic heterocycles. The zero-order chi connectivity index (χ0) is 20.9. The lowest BCUT2D eigenvalue weighted by molar-refractivity contribution is 0.475. The second-order valence-electron chi connectivity index (χ2n) is 6.69. The van der Waals surface area contributed by atoms with Crippen LogP contribution in [-0.4, -0.2) is 20.8 Å². The molecule has 2 N–H and O–H groups in total. The van der Waals surface area contributed by atoms with Gasteiger partial charge in [-0.2, -0.15) is 5.10 Å². The van der Waals surface area contributed by atoms with E-state index in [9.17, 15) is 9.50 Å². The predicted molar refractivity (Wildman–Crippen MR) is 117 cm³/mol. The monoisotopic (exact) mass is 398 g/mol. The van der Waals surface area contributed by atoms with E-state index in [4.69, 9.17) is 0 Å². The molecule has 6 heteroatoms. The Morgan fingerprint density at radius 1 is 0.833 bits per heavy atom. The quantitative estimate of drug-likeness (QED) is 0.344. The maximum Gasteiger partial charge on any atom is 0.244 e. The third-order valence-electron chi connectivity index (χ3n) is 4.54. The summed E-state index contributed by atoms with van der Waals surface area (Å²) in [6.45, 7) is 1.85. The van der Waals surface area contributed by atoms with Crippen LogP contribution < -0.4 is 5.43 Å². The molecule has 3 aromatic carbocycles. The molecule has 30 heavy (non-hydrogen) atoms. The molecular weight excluding hydrogens is 379 g/mol. The van der Waals surface area contributed by atoms with Gasteiger partial charge in [-0.15, -0.1) is 0 Å². The van der Waals surface area contributed by atoms with Crippen LogP contribution in [-0.2, 0) is 0 Å². The highest BCUT2D eigenvalue weighted by molar-refractivity contribution is 5.99. The first-order valence-electron chi connectivity index (χ1n) is 9.38. The lowest BCUT2D eigenvalue weighted by Gasteiger charge is -2.09. The first-order chi connectivity index (χ1) is 14.6. The summed E-state index contributed by atoms with van der Waals surface area (Å²) in [5.74, 6) is 0.222. The van der Waals surface area contributed by atoms with Crippen LogP contribution in [0.2, 0.25) is 0 Å². The molecule has 0 fully saturated rings. The van der Waals surface area contributed by atoms with Crippen molar-refractivity contribution in [2.45, 2.75) is 6.92 Å². The first-order valence-corrected chi connectivity index (χ1v) is 9.38. The van der Waals surface area contributed by atoms with Crippen molar-refractivity contribution < 1.29 is 9.50 Å². The number of halogens is 1. The molecular formula is C24H19FN4O. The number of hydrazone groups is 1. The van der Waals surface area contributed by atoms with Gasteiger partial charge in [-0.05, 0) is 67.1 Å². The summed E-state index contributed by atoms with van der Waals surface area (Å²) in [5, 5.41) is 13.8. The second-order valence-corrected chi connectivity index (χ2v) is 6.69. The molecule has 0 spiro atoms. The first kappa shape index (κ1) is 19.3. The normalized spacial score (nSPS) is 11.3. The Morgan fingerprint density at radius 2 is 1.43 bits per heavy atom. The minimum absolute atomic E-state index is 0.197. The van der Waals surface area contributed by atoms with E-state index >= 15 is 0 Å². The van der Waals surface area contributed by atoms with Crippen LogP contribution in [0.25, 0.3) is 22.5 Å². The molecule has 0 atom stereocenters. The van der Waals surface area contributed by atoms with E-state index in [0.717, 1.165) is 22.4 Å². The van der Waals surface area contributed by atoms with Gasteiger partial charge in [-0.25, -0.2) is 19.8 Å². The number of nitrogens with one attached hydrogen (secondary N) is 1. The molecule has 0 unspecified atom stereocenters. The van der Waals surface area contributed by atoms with Gasteiger partial charge in [0.15, 0.2) is 0 Å². The lowest BCUT2D eigenvalue weighted by Crippen LogP contribution is -2.04. The Balaban J connectivity index is 1.71. The summed E-state index contributed by atoms with van der Waals surface area (Å²) in [5.41, 5.74) is 7.59. The molecule has 0 saturated carbocycles. The van der Waals surface area contributed by atoms with E-state index < -0.39 is 0 Å². The summed E-state index contributed by atoms with van der Waals surface area (Å²) < 4.78 is 13.3. The molecule has 0 aliphatic carbocycles. The highest BCUT2D eigenvalue weighted by Crippen LogP contribution is 2.25. The van der Waals surface area contributed by atoms with Gasteiger partial charge < -0.3 is 5.11 Å². The Kier molecular flexibility index (Phi) is 5.48. The van der Waals surface area contributed by atoms with Crippen molar-refractivity contribution in [1.82, 2.24) is 9.97 Å². The molecule has 4 aromatic rings. The van der Waals surface area contributed by atoms with Crippen LogP contribution in [0.15, 0.2) is 90.0 Å². The molecule has 0 amide bonds. The third kappa shape index (κ3) is 4.50. The number of hydrogen-bond donors (Lipinski definition) is 2. The van der Waals surface area contributed by atoms with Crippen LogP contribution in [0.3, 0.4) is 0 Å². The standard InChI is InChI=1S/C24H19FN4O/c1-16(17-9-13-21(30)14-10-17)28-29-24-26-22(18-5-3-2-4-6-18)15-23(27-24)19-7-11-20(25)12-8-19/h2-15,30H,1H3,(H,26,27,29)/b28-16-. The number of rotatable bonds is 5. The van der Waals surface area contributed by atoms with Gasteiger partial charge in [0.05, 0.1) is 17.1 Å². The highest BCUT2D eigenvalue weighted by Gasteiger charge is 2.09. The van der Waals surface area contributed by atoms with E-state index in [0.29, 0.717) is 17.4 Å². The summed E-state index contributed by atoms with van der Waals surface area (Å²) in [6, 6.07) is 24.5. The molecule has 0 aliphatic rings. The number of phenolic OH excluding ortho intramolecular Hbond substituents is 1. The largest absolute Gasteiger partial charge is 0.508 e. The Bertz CT molecular complexity index is 1170. The van der Waals surface area contributed by atoms with Crippen molar-refractivity contribution in [2.75, 3.05) is 5.43 Å². The number of aromatic nitrogens is 2. The van der Waals surface area contributed by atoms with Gasteiger partial charge in [-0.1, -0.05) is 30.3 Å². The Morgan fingerprint density at radius 3 is 2.07 bits per heavy atom. The third-order valence-corrected chi connectivity index (χ3v) is 4.54. The van der Waals surface area contributed by atoms with E-state index in [1.165, 1.54) is 12.1 Å².